The van der Waals surface area contributed by atoms with Gasteiger partial charge < -0.3 is 4.74 Å². The smallest absolute Gasteiger partial charge is 0.339 e. The lowest BCUT2D eigenvalue weighted by molar-refractivity contribution is 0.0596. The first kappa shape index (κ1) is 20.5. The maximum absolute atomic E-state index is 13.3. The molecule has 0 aliphatic carbocycles. The summed E-state index contributed by atoms with van der Waals surface area (Å²) in [5.41, 5.74) is 1.92. The molecule has 0 N–H and O–H groups in total. The minimum atomic E-state index is -3.92. The summed E-state index contributed by atoms with van der Waals surface area (Å²) < 4.78 is 44.3. The number of esters is 1. The molecule has 148 valence electrons. The van der Waals surface area contributed by atoms with Crippen molar-refractivity contribution in [3.05, 3.63) is 94.8 Å². The summed E-state index contributed by atoms with van der Waals surface area (Å²) in [7, 11) is -2.71. The highest BCUT2D eigenvalue weighted by atomic mass is 32.2. The van der Waals surface area contributed by atoms with Crippen LogP contribution in [0, 0.1) is 12.7 Å². The first-order valence-electron chi connectivity index (χ1n) is 8.79. The third-order valence-corrected chi connectivity index (χ3v) is 6.37. The number of rotatable bonds is 5. The van der Waals surface area contributed by atoms with Crippen molar-refractivity contribution < 1.29 is 22.3 Å². The van der Waals surface area contributed by atoms with E-state index in [9.17, 15) is 17.6 Å². The topological polar surface area (TPSA) is 60.4 Å². The number of aryl methyl sites for hydroxylation is 1. The SMILES string of the molecule is COC(=O)c1cccc(C)c1S(=O)(=O)c1ccc(C=Cc2cccc(F)c2)cc1. The highest BCUT2D eigenvalue weighted by Gasteiger charge is 2.26. The van der Waals surface area contributed by atoms with Gasteiger partial charge in [-0.15, -0.1) is 0 Å². The summed E-state index contributed by atoms with van der Waals surface area (Å²) in [6, 6.07) is 17.1. The van der Waals surface area contributed by atoms with E-state index in [4.69, 9.17) is 4.74 Å². The van der Waals surface area contributed by atoms with Crippen LogP contribution in [0.5, 0.6) is 0 Å². The highest BCUT2D eigenvalue weighted by molar-refractivity contribution is 7.91. The molecule has 6 heteroatoms. The van der Waals surface area contributed by atoms with Gasteiger partial charge in [0.2, 0.25) is 9.84 Å². The van der Waals surface area contributed by atoms with Gasteiger partial charge in [0.05, 0.1) is 22.5 Å². The summed E-state index contributed by atoms with van der Waals surface area (Å²) in [6.45, 7) is 1.63. The molecule has 0 aliphatic rings. The molecule has 3 aromatic rings. The van der Waals surface area contributed by atoms with Gasteiger partial charge in [0.25, 0.3) is 0 Å². The van der Waals surface area contributed by atoms with E-state index in [0.717, 1.165) is 5.56 Å². The Bertz CT molecular complexity index is 1180. The van der Waals surface area contributed by atoms with Gasteiger partial charge in [0.15, 0.2) is 0 Å². The fourth-order valence-electron chi connectivity index (χ4n) is 2.96. The number of carbonyl (C=O) groups is 1. The van der Waals surface area contributed by atoms with Gasteiger partial charge in [-0.05, 0) is 53.9 Å². The second-order valence-electron chi connectivity index (χ2n) is 6.40. The Morgan fingerprint density at radius 3 is 2.24 bits per heavy atom. The quantitative estimate of drug-likeness (QED) is 0.442. The molecule has 0 radical (unpaired) electrons. The number of hydrogen-bond acceptors (Lipinski definition) is 4. The van der Waals surface area contributed by atoms with E-state index in [-0.39, 0.29) is 21.2 Å². The van der Waals surface area contributed by atoms with E-state index in [2.05, 4.69) is 0 Å². The van der Waals surface area contributed by atoms with Crippen molar-refractivity contribution >= 4 is 28.0 Å². The molecule has 0 atom stereocenters. The van der Waals surface area contributed by atoms with Crippen molar-refractivity contribution in [3.63, 3.8) is 0 Å². The summed E-state index contributed by atoms with van der Waals surface area (Å²) in [6.07, 6.45) is 3.50. The molecule has 4 nitrogen and oxygen atoms in total. The second kappa shape index (κ2) is 8.41. The molecule has 0 bridgehead atoms. The van der Waals surface area contributed by atoms with Gasteiger partial charge in [-0.3, -0.25) is 0 Å². The molecule has 0 aliphatic heterocycles. The summed E-state index contributed by atoms with van der Waals surface area (Å²) in [4.78, 5) is 12.0. The molecule has 0 spiro atoms. The van der Waals surface area contributed by atoms with Crippen molar-refractivity contribution in [2.75, 3.05) is 7.11 Å². The third-order valence-electron chi connectivity index (χ3n) is 4.39. The van der Waals surface area contributed by atoms with E-state index in [1.807, 2.05) is 0 Å². The van der Waals surface area contributed by atoms with Crippen LogP contribution in [0.25, 0.3) is 12.2 Å². The third kappa shape index (κ3) is 4.43. The predicted octanol–water partition coefficient (Wildman–Crippen LogP) is 4.92. The zero-order valence-corrected chi connectivity index (χ0v) is 16.7. The van der Waals surface area contributed by atoms with Crippen molar-refractivity contribution in [2.24, 2.45) is 0 Å². The molecule has 0 saturated heterocycles. The zero-order valence-electron chi connectivity index (χ0n) is 15.9. The van der Waals surface area contributed by atoms with Crippen LogP contribution in [0.1, 0.15) is 27.0 Å². The lowest BCUT2D eigenvalue weighted by atomic mass is 10.1. The van der Waals surface area contributed by atoms with Crippen LogP contribution < -0.4 is 0 Å². The normalized spacial score (nSPS) is 11.6. The Balaban J connectivity index is 1.95. The molecule has 0 saturated carbocycles. The van der Waals surface area contributed by atoms with E-state index >= 15 is 0 Å². The Kier molecular flexibility index (Phi) is 5.94. The number of carbonyl (C=O) groups excluding carboxylic acids is 1. The number of halogens is 1. The average Bonchev–Trinajstić information content (AvgIpc) is 2.71. The fourth-order valence-corrected chi connectivity index (χ4v) is 4.62. The molecule has 3 rings (SSSR count). The monoisotopic (exact) mass is 410 g/mol. The first-order valence-corrected chi connectivity index (χ1v) is 10.3. The van der Waals surface area contributed by atoms with Crippen LogP contribution in [-0.2, 0) is 14.6 Å². The van der Waals surface area contributed by atoms with Crippen molar-refractivity contribution in [2.45, 2.75) is 16.7 Å². The standard InChI is InChI=1S/C23H19FO4S/c1-16-5-3-8-21(23(25)28-2)22(16)29(26,27)20-13-11-17(12-14-20)9-10-18-6-4-7-19(24)15-18/h3-15H,1-2H3. The Morgan fingerprint density at radius 1 is 0.931 bits per heavy atom. The van der Waals surface area contributed by atoms with Crippen LogP contribution in [0.15, 0.2) is 76.5 Å². The van der Waals surface area contributed by atoms with Crippen molar-refractivity contribution in [1.82, 2.24) is 0 Å². The lowest BCUT2D eigenvalue weighted by Crippen LogP contribution is -2.13. The van der Waals surface area contributed by atoms with Crippen LogP contribution in [0.2, 0.25) is 0 Å². The molecule has 0 unspecified atom stereocenters. The van der Waals surface area contributed by atoms with Crippen LogP contribution >= 0.6 is 0 Å². The molecule has 0 heterocycles. The van der Waals surface area contributed by atoms with Crippen LogP contribution in [0.3, 0.4) is 0 Å². The van der Waals surface area contributed by atoms with Gasteiger partial charge in [-0.2, -0.15) is 0 Å². The fraction of sp³-hybridized carbons (Fsp3) is 0.0870. The lowest BCUT2D eigenvalue weighted by Gasteiger charge is -2.12. The average molecular weight is 410 g/mol. The Hall–Kier alpha value is -3.25. The number of hydrogen-bond donors (Lipinski definition) is 0. The number of sulfone groups is 1. The maximum atomic E-state index is 13.3. The minimum Gasteiger partial charge on any atom is -0.465 e. The minimum absolute atomic E-state index is 0.00239. The largest absolute Gasteiger partial charge is 0.465 e. The van der Waals surface area contributed by atoms with E-state index in [0.29, 0.717) is 11.1 Å². The number of methoxy groups -OCH3 is 1. The van der Waals surface area contributed by atoms with Gasteiger partial charge in [-0.25, -0.2) is 17.6 Å². The van der Waals surface area contributed by atoms with Crippen molar-refractivity contribution in [3.8, 4) is 0 Å². The van der Waals surface area contributed by atoms with E-state index in [1.54, 1.807) is 55.5 Å². The second-order valence-corrected chi connectivity index (χ2v) is 8.29. The van der Waals surface area contributed by atoms with E-state index < -0.39 is 15.8 Å². The number of ether oxygens (including phenoxy) is 1. The molecule has 3 aromatic carbocycles. The Labute approximate surface area is 169 Å². The highest BCUT2D eigenvalue weighted by Crippen LogP contribution is 2.28. The van der Waals surface area contributed by atoms with Crippen LogP contribution in [-0.4, -0.2) is 21.5 Å². The predicted molar refractivity (Wildman–Crippen MR) is 110 cm³/mol. The van der Waals surface area contributed by atoms with Crippen LogP contribution in [0.4, 0.5) is 4.39 Å². The van der Waals surface area contributed by atoms with Gasteiger partial charge in [0.1, 0.15) is 5.82 Å². The molecule has 0 amide bonds. The van der Waals surface area contributed by atoms with E-state index in [1.165, 1.54) is 37.4 Å². The van der Waals surface area contributed by atoms with Gasteiger partial charge in [-0.1, -0.05) is 48.6 Å². The molecule has 0 fully saturated rings. The molecule has 29 heavy (non-hydrogen) atoms. The van der Waals surface area contributed by atoms with Gasteiger partial charge in [0, 0.05) is 0 Å². The van der Waals surface area contributed by atoms with Crippen molar-refractivity contribution in [1.29, 1.82) is 0 Å². The first-order chi connectivity index (χ1) is 13.8. The maximum Gasteiger partial charge on any atom is 0.339 e. The summed E-state index contributed by atoms with van der Waals surface area (Å²) in [5.74, 6) is -1.03. The van der Waals surface area contributed by atoms with Gasteiger partial charge >= 0.3 is 5.97 Å². The summed E-state index contributed by atoms with van der Waals surface area (Å²) >= 11 is 0. The molecular formula is C23H19FO4S. The Morgan fingerprint density at radius 2 is 1.59 bits per heavy atom. The summed E-state index contributed by atoms with van der Waals surface area (Å²) in [5, 5.41) is 0. The zero-order chi connectivity index (χ0) is 21.0. The molecular weight excluding hydrogens is 391 g/mol. The molecule has 0 aromatic heterocycles. The number of benzene rings is 3.